The molecule has 170 valence electrons. The third-order valence-electron chi connectivity index (χ3n) is 4.11. The lowest BCUT2D eigenvalue weighted by Crippen LogP contribution is -2.25. The van der Waals surface area contributed by atoms with E-state index in [0.717, 1.165) is 0 Å². The number of sulfonamides is 1. The van der Waals surface area contributed by atoms with Crippen molar-refractivity contribution in [3.8, 4) is 5.75 Å². The highest BCUT2D eigenvalue weighted by Crippen LogP contribution is 2.27. The summed E-state index contributed by atoms with van der Waals surface area (Å²) in [5.41, 5.74) is 0.516. The summed E-state index contributed by atoms with van der Waals surface area (Å²) in [5, 5.41) is 3.67. The van der Waals surface area contributed by atoms with Crippen molar-refractivity contribution in [3.63, 3.8) is 0 Å². The van der Waals surface area contributed by atoms with Gasteiger partial charge in [0.2, 0.25) is 15.9 Å². The van der Waals surface area contributed by atoms with E-state index in [1.165, 1.54) is 12.1 Å². The molecule has 0 atom stereocenters. The van der Waals surface area contributed by atoms with E-state index < -0.39 is 10.0 Å². The van der Waals surface area contributed by atoms with Crippen LogP contribution in [0.25, 0.3) is 0 Å². The number of hydrogen-bond donors (Lipinski definition) is 2. The molecule has 10 heteroatoms. The molecule has 2 N–H and O–H groups in total. The van der Waals surface area contributed by atoms with Crippen molar-refractivity contribution in [3.05, 3.63) is 52.5 Å². The SMILES string of the molecule is CCOCCCNS(=O)(=O)c1ccc(NC(=O)CCCOc2ccc(Cl)cc2Cl)cc1. The summed E-state index contributed by atoms with van der Waals surface area (Å²) in [4.78, 5) is 12.2. The van der Waals surface area contributed by atoms with E-state index in [1.807, 2.05) is 6.92 Å². The molecule has 0 aromatic heterocycles. The first-order valence-electron chi connectivity index (χ1n) is 9.87. The Morgan fingerprint density at radius 2 is 1.77 bits per heavy atom. The Balaban J connectivity index is 1.74. The van der Waals surface area contributed by atoms with Crippen molar-refractivity contribution in [2.45, 2.75) is 31.1 Å². The smallest absolute Gasteiger partial charge is 0.240 e. The van der Waals surface area contributed by atoms with Gasteiger partial charge in [-0.2, -0.15) is 0 Å². The maximum absolute atomic E-state index is 12.3. The fourth-order valence-corrected chi connectivity index (χ4v) is 4.09. The van der Waals surface area contributed by atoms with Crippen LogP contribution in [0.15, 0.2) is 47.4 Å². The number of amides is 1. The number of halogens is 2. The van der Waals surface area contributed by atoms with Gasteiger partial charge < -0.3 is 14.8 Å². The van der Waals surface area contributed by atoms with Crippen molar-refractivity contribution in [2.24, 2.45) is 0 Å². The van der Waals surface area contributed by atoms with Crippen LogP contribution >= 0.6 is 23.2 Å². The number of carbonyl (C=O) groups excluding carboxylic acids is 1. The quantitative estimate of drug-likeness (QED) is 0.405. The lowest BCUT2D eigenvalue weighted by Gasteiger charge is -2.10. The molecule has 0 aliphatic heterocycles. The van der Waals surface area contributed by atoms with Crippen LogP contribution in [0.1, 0.15) is 26.2 Å². The molecule has 0 saturated heterocycles. The van der Waals surface area contributed by atoms with E-state index in [1.54, 1.807) is 30.3 Å². The molecule has 0 heterocycles. The van der Waals surface area contributed by atoms with Crippen LogP contribution in [0.5, 0.6) is 5.75 Å². The molecule has 2 aromatic rings. The summed E-state index contributed by atoms with van der Waals surface area (Å²) in [7, 11) is -3.60. The van der Waals surface area contributed by atoms with Gasteiger partial charge in [-0.05, 0) is 62.2 Å². The molecule has 31 heavy (non-hydrogen) atoms. The lowest BCUT2D eigenvalue weighted by atomic mass is 10.2. The van der Waals surface area contributed by atoms with Crippen LogP contribution in [0.4, 0.5) is 5.69 Å². The van der Waals surface area contributed by atoms with Crippen molar-refractivity contribution >= 4 is 44.8 Å². The van der Waals surface area contributed by atoms with Gasteiger partial charge in [0.1, 0.15) is 5.75 Å². The largest absolute Gasteiger partial charge is 0.492 e. The van der Waals surface area contributed by atoms with E-state index in [9.17, 15) is 13.2 Å². The zero-order valence-electron chi connectivity index (χ0n) is 17.2. The first kappa shape index (κ1) is 25.4. The second-order valence-electron chi connectivity index (χ2n) is 6.55. The summed E-state index contributed by atoms with van der Waals surface area (Å²) in [6.45, 7) is 3.60. The fourth-order valence-electron chi connectivity index (χ4n) is 2.56. The summed E-state index contributed by atoms with van der Waals surface area (Å²) in [6, 6.07) is 10.9. The molecule has 0 bridgehead atoms. The van der Waals surface area contributed by atoms with Crippen LogP contribution in [0, 0.1) is 0 Å². The molecule has 0 fully saturated rings. The third-order valence-corrected chi connectivity index (χ3v) is 6.12. The third kappa shape index (κ3) is 9.04. The molecule has 0 radical (unpaired) electrons. The summed E-state index contributed by atoms with van der Waals surface area (Å²) in [5.74, 6) is 0.310. The Morgan fingerprint density at radius 1 is 1.03 bits per heavy atom. The lowest BCUT2D eigenvalue weighted by molar-refractivity contribution is -0.116. The Labute approximate surface area is 193 Å². The van der Waals surface area contributed by atoms with Gasteiger partial charge in [-0.3, -0.25) is 4.79 Å². The van der Waals surface area contributed by atoms with Crippen molar-refractivity contribution < 1.29 is 22.7 Å². The molecule has 1 amide bonds. The Hall–Kier alpha value is -1.84. The number of hydrogen-bond acceptors (Lipinski definition) is 5. The Kier molecular flexibility index (Phi) is 10.6. The van der Waals surface area contributed by atoms with E-state index in [4.69, 9.17) is 32.7 Å². The highest BCUT2D eigenvalue weighted by atomic mass is 35.5. The van der Waals surface area contributed by atoms with Crippen molar-refractivity contribution in [1.82, 2.24) is 4.72 Å². The van der Waals surface area contributed by atoms with Crippen LogP contribution in [-0.4, -0.2) is 40.7 Å². The second-order valence-corrected chi connectivity index (χ2v) is 9.16. The molecule has 0 aliphatic rings. The van der Waals surface area contributed by atoms with E-state index in [2.05, 4.69) is 10.0 Å². The van der Waals surface area contributed by atoms with Gasteiger partial charge in [0.25, 0.3) is 0 Å². The minimum Gasteiger partial charge on any atom is -0.492 e. The summed E-state index contributed by atoms with van der Waals surface area (Å²) in [6.07, 6.45) is 1.32. The van der Waals surface area contributed by atoms with Crippen molar-refractivity contribution in [1.29, 1.82) is 0 Å². The molecule has 2 aromatic carbocycles. The average molecular weight is 489 g/mol. The molecule has 0 unspecified atom stereocenters. The molecular weight excluding hydrogens is 463 g/mol. The molecule has 2 rings (SSSR count). The van der Waals surface area contributed by atoms with Gasteiger partial charge in [0, 0.05) is 36.9 Å². The molecule has 0 aliphatic carbocycles. The van der Waals surface area contributed by atoms with Crippen LogP contribution in [0.2, 0.25) is 10.0 Å². The maximum Gasteiger partial charge on any atom is 0.240 e. The zero-order valence-corrected chi connectivity index (χ0v) is 19.5. The number of benzene rings is 2. The summed E-state index contributed by atoms with van der Waals surface area (Å²) < 4.78 is 37.8. The number of nitrogens with one attached hydrogen (secondary N) is 2. The highest BCUT2D eigenvalue weighted by molar-refractivity contribution is 7.89. The molecule has 7 nitrogen and oxygen atoms in total. The minimum absolute atomic E-state index is 0.134. The first-order valence-corrected chi connectivity index (χ1v) is 12.1. The van der Waals surface area contributed by atoms with Gasteiger partial charge in [0.05, 0.1) is 16.5 Å². The number of carbonyl (C=O) groups is 1. The zero-order chi connectivity index (χ0) is 22.7. The van der Waals surface area contributed by atoms with Crippen molar-refractivity contribution in [2.75, 3.05) is 31.7 Å². The van der Waals surface area contributed by atoms with Crippen LogP contribution in [-0.2, 0) is 19.6 Å². The van der Waals surface area contributed by atoms with Crippen LogP contribution in [0.3, 0.4) is 0 Å². The number of anilines is 1. The number of rotatable bonds is 13. The summed E-state index contributed by atoms with van der Waals surface area (Å²) >= 11 is 11.9. The molecule has 0 saturated carbocycles. The Bertz CT molecular complexity index is 953. The second kappa shape index (κ2) is 12.9. The van der Waals surface area contributed by atoms with E-state index in [-0.39, 0.29) is 17.2 Å². The van der Waals surface area contributed by atoms with E-state index >= 15 is 0 Å². The average Bonchev–Trinajstić information content (AvgIpc) is 2.72. The highest BCUT2D eigenvalue weighted by Gasteiger charge is 2.13. The van der Waals surface area contributed by atoms with Crippen LogP contribution < -0.4 is 14.8 Å². The predicted octanol–water partition coefficient (Wildman–Crippen LogP) is 4.50. The predicted molar refractivity (Wildman–Crippen MR) is 123 cm³/mol. The monoisotopic (exact) mass is 488 g/mol. The van der Waals surface area contributed by atoms with Gasteiger partial charge >= 0.3 is 0 Å². The molecule has 0 spiro atoms. The Morgan fingerprint density at radius 3 is 2.45 bits per heavy atom. The molecular formula is C21H26Cl2N2O5S. The van der Waals surface area contributed by atoms with Gasteiger partial charge in [0.15, 0.2) is 0 Å². The van der Waals surface area contributed by atoms with Gasteiger partial charge in [-0.15, -0.1) is 0 Å². The fraction of sp³-hybridized carbons (Fsp3) is 0.381. The first-order chi connectivity index (χ1) is 14.8. The van der Waals surface area contributed by atoms with Gasteiger partial charge in [-0.25, -0.2) is 13.1 Å². The normalized spacial score (nSPS) is 11.3. The topological polar surface area (TPSA) is 93.7 Å². The maximum atomic E-state index is 12.3. The number of ether oxygens (including phenoxy) is 2. The standard InChI is InChI=1S/C21H26Cl2N2O5S/c1-2-29-13-4-12-24-31(27,28)18-9-7-17(8-10-18)25-21(26)5-3-14-30-20-11-6-16(22)15-19(20)23/h6-11,15,24H,2-5,12-14H2,1H3,(H,25,26). The minimum atomic E-state index is -3.60. The van der Waals surface area contributed by atoms with E-state index in [0.29, 0.717) is 60.7 Å². The van der Waals surface area contributed by atoms with Gasteiger partial charge in [-0.1, -0.05) is 23.2 Å².